The Morgan fingerprint density at radius 3 is 2.63 bits per heavy atom. The number of benzene rings is 2. The molecule has 142 valence electrons. The Morgan fingerprint density at radius 1 is 1.19 bits per heavy atom. The molecule has 0 aliphatic carbocycles. The zero-order valence-corrected chi connectivity index (χ0v) is 15.7. The number of anilines is 1. The number of rotatable bonds is 7. The monoisotopic (exact) mass is 370 g/mol. The molecule has 0 radical (unpaired) electrons. The molecule has 0 spiro atoms. The Bertz CT molecular complexity index is 846. The Balaban J connectivity index is 2.18. The zero-order valence-electron chi connectivity index (χ0n) is 15.7. The number of hydrogen-bond acceptors (Lipinski definition) is 4. The molecular weight excluding hydrogens is 347 g/mol. The molecule has 0 saturated carbocycles. The van der Waals surface area contributed by atoms with Crippen molar-refractivity contribution in [1.82, 2.24) is 5.32 Å². The van der Waals surface area contributed by atoms with E-state index in [-0.39, 0.29) is 12.1 Å². The average molecular weight is 370 g/mol. The second kappa shape index (κ2) is 10.0. The first-order chi connectivity index (χ1) is 13.1. The van der Waals surface area contributed by atoms with Gasteiger partial charge in [0.05, 0.1) is 31.9 Å². The van der Waals surface area contributed by atoms with Crippen LogP contribution in [0.15, 0.2) is 41.4 Å². The van der Waals surface area contributed by atoms with E-state index in [1.165, 1.54) is 6.07 Å². The molecule has 0 heterocycles. The second-order valence-electron chi connectivity index (χ2n) is 5.54. The van der Waals surface area contributed by atoms with Gasteiger partial charge in [-0.3, -0.25) is 0 Å². The minimum atomic E-state index is -0.447. The highest BCUT2D eigenvalue weighted by molar-refractivity contribution is 5.93. The Kier molecular flexibility index (Phi) is 7.44. The van der Waals surface area contributed by atoms with Crippen LogP contribution in [0.2, 0.25) is 0 Å². The fraction of sp³-hybridized carbons (Fsp3) is 0.300. The molecule has 0 unspecified atom stereocenters. The van der Waals surface area contributed by atoms with Crippen LogP contribution >= 0.6 is 0 Å². The summed E-state index contributed by atoms with van der Waals surface area (Å²) in [5, 5.41) is 15.1. The summed E-state index contributed by atoms with van der Waals surface area (Å²) >= 11 is 0. The van der Waals surface area contributed by atoms with Crippen molar-refractivity contribution >= 4 is 11.6 Å². The molecule has 0 aliphatic rings. The van der Waals surface area contributed by atoms with E-state index >= 15 is 0 Å². The van der Waals surface area contributed by atoms with Gasteiger partial charge in [-0.05, 0) is 38.1 Å². The van der Waals surface area contributed by atoms with E-state index in [1.807, 2.05) is 32.0 Å². The van der Waals surface area contributed by atoms with E-state index in [1.54, 1.807) is 25.3 Å². The summed E-state index contributed by atoms with van der Waals surface area (Å²) in [4.78, 5) is 4.41. The van der Waals surface area contributed by atoms with Crippen molar-refractivity contribution in [2.45, 2.75) is 20.4 Å². The minimum absolute atomic E-state index is 0.140. The quantitative estimate of drug-likeness (QED) is 0.574. The molecule has 2 aromatic carbocycles. The largest absolute Gasteiger partial charge is 0.493 e. The third-order valence-electron chi connectivity index (χ3n) is 3.66. The van der Waals surface area contributed by atoms with Gasteiger partial charge < -0.3 is 20.1 Å². The van der Waals surface area contributed by atoms with E-state index in [2.05, 4.69) is 15.6 Å². The van der Waals surface area contributed by atoms with Crippen LogP contribution < -0.4 is 20.1 Å². The van der Waals surface area contributed by atoms with E-state index < -0.39 is 5.82 Å². The third kappa shape index (κ3) is 5.61. The van der Waals surface area contributed by atoms with Crippen molar-refractivity contribution in [2.24, 2.45) is 4.99 Å². The van der Waals surface area contributed by atoms with Gasteiger partial charge in [0.2, 0.25) is 0 Å². The summed E-state index contributed by atoms with van der Waals surface area (Å²) in [6, 6.07) is 11.7. The smallest absolute Gasteiger partial charge is 0.196 e. The lowest BCUT2D eigenvalue weighted by Gasteiger charge is -2.14. The van der Waals surface area contributed by atoms with Crippen LogP contribution in [0, 0.1) is 17.1 Å². The van der Waals surface area contributed by atoms with E-state index in [4.69, 9.17) is 14.7 Å². The number of nitrogens with zero attached hydrogens (tertiary/aromatic N) is 2. The lowest BCUT2D eigenvalue weighted by atomic mass is 10.1. The van der Waals surface area contributed by atoms with Gasteiger partial charge in [-0.1, -0.05) is 6.07 Å². The Hall–Kier alpha value is -3.27. The van der Waals surface area contributed by atoms with Gasteiger partial charge in [0.1, 0.15) is 5.82 Å². The maximum absolute atomic E-state index is 14.0. The van der Waals surface area contributed by atoms with Crippen LogP contribution in [0.5, 0.6) is 11.5 Å². The van der Waals surface area contributed by atoms with Crippen molar-refractivity contribution in [3.8, 4) is 17.6 Å². The number of halogens is 1. The average Bonchev–Trinajstić information content (AvgIpc) is 2.67. The first-order valence-electron chi connectivity index (χ1n) is 8.65. The van der Waals surface area contributed by atoms with E-state index in [0.717, 1.165) is 5.69 Å². The standard InChI is InChI=1S/C20H23FN4O2/c1-4-23-20(24-13-15-7-6-14(12-22)10-17(15)21)25-16-8-9-18(26-3)19(11-16)27-5-2/h6-11H,4-5,13H2,1-3H3,(H2,23,24,25). The lowest BCUT2D eigenvalue weighted by molar-refractivity contribution is 0.311. The minimum Gasteiger partial charge on any atom is -0.493 e. The Labute approximate surface area is 158 Å². The summed E-state index contributed by atoms with van der Waals surface area (Å²) in [6.45, 7) is 5.15. The molecular formula is C20H23FN4O2. The van der Waals surface area contributed by atoms with Gasteiger partial charge in [0, 0.05) is 23.9 Å². The van der Waals surface area contributed by atoms with Crippen LogP contribution in [-0.4, -0.2) is 26.2 Å². The molecule has 0 amide bonds. The van der Waals surface area contributed by atoms with Crippen LogP contribution in [-0.2, 0) is 6.54 Å². The predicted molar refractivity (Wildman–Crippen MR) is 104 cm³/mol. The van der Waals surface area contributed by atoms with Crippen LogP contribution in [0.25, 0.3) is 0 Å². The van der Waals surface area contributed by atoms with Crippen molar-refractivity contribution in [3.05, 3.63) is 53.3 Å². The van der Waals surface area contributed by atoms with Gasteiger partial charge in [-0.25, -0.2) is 9.38 Å². The van der Waals surface area contributed by atoms with Crippen LogP contribution in [0.4, 0.5) is 10.1 Å². The molecule has 0 bridgehead atoms. The molecule has 0 aliphatic heterocycles. The maximum atomic E-state index is 14.0. The molecule has 0 aromatic heterocycles. The molecule has 7 heteroatoms. The summed E-state index contributed by atoms with van der Waals surface area (Å²) in [5.74, 6) is 1.33. The van der Waals surface area contributed by atoms with Gasteiger partial charge >= 0.3 is 0 Å². The van der Waals surface area contributed by atoms with Gasteiger partial charge in [-0.15, -0.1) is 0 Å². The Morgan fingerprint density at radius 2 is 2.00 bits per heavy atom. The SMILES string of the molecule is CCNC(=NCc1ccc(C#N)cc1F)Nc1ccc(OC)c(OCC)c1. The topological polar surface area (TPSA) is 78.7 Å². The van der Waals surface area contributed by atoms with Crippen molar-refractivity contribution in [2.75, 3.05) is 25.6 Å². The molecule has 2 aromatic rings. The van der Waals surface area contributed by atoms with Crippen molar-refractivity contribution in [1.29, 1.82) is 5.26 Å². The fourth-order valence-electron chi connectivity index (χ4n) is 2.38. The number of methoxy groups -OCH3 is 1. The van der Waals surface area contributed by atoms with Gasteiger partial charge in [0.15, 0.2) is 17.5 Å². The maximum Gasteiger partial charge on any atom is 0.196 e. The molecule has 0 fully saturated rings. The lowest BCUT2D eigenvalue weighted by Crippen LogP contribution is -2.30. The number of hydrogen-bond donors (Lipinski definition) is 2. The highest BCUT2D eigenvalue weighted by Gasteiger charge is 2.08. The van der Waals surface area contributed by atoms with Gasteiger partial charge in [0.25, 0.3) is 0 Å². The zero-order chi connectivity index (χ0) is 19.6. The van der Waals surface area contributed by atoms with Crippen LogP contribution in [0.1, 0.15) is 25.0 Å². The first-order valence-corrected chi connectivity index (χ1v) is 8.65. The summed E-state index contributed by atoms with van der Waals surface area (Å²) in [6.07, 6.45) is 0. The first kappa shape index (κ1) is 20.0. The molecule has 2 N–H and O–H groups in total. The number of guanidine groups is 1. The number of nitrogens with one attached hydrogen (secondary N) is 2. The third-order valence-corrected chi connectivity index (χ3v) is 3.66. The molecule has 27 heavy (non-hydrogen) atoms. The number of aliphatic imine (C=N–C) groups is 1. The molecule has 2 rings (SSSR count). The summed E-state index contributed by atoms with van der Waals surface area (Å²) < 4.78 is 24.9. The fourth-order valence-corrected chi connectivity index (χ4v) is 2.38. The van der Waals surface area contributed by atoms with Crippen LogP contribution in [0.3, 0.4) is 0 Å². The molecule has 0 atom stereocenters. The molecule has 6 nitrogen and oxygen atoms in total. The number of ether oxygens (including phenoxy) is 2. The predicted octanol–water partition coefficient (Wildman–Crippen LogP) is 3.68. The summed E-state index contributed by atoms with van der Waals surface area (Å²) in [7, 11) is 1.59. The second-order valence-corrected chi connectivity index (χ2v) is 5.54. The van der Waals surface area contributed by atoms with Crippen molar-refractivity contribution < 1.29 is 13.9 Å². The van der Waals surface area contributed by atoms with E-state index in [0.29, 0.717) is 36.2 Å². The highest BCUT2D eigenvalue weighted by Crippen LogP contribution is 2.30. The van der Waals surface area contributed by atoms with Crippen molar-refractivity contribution in [3.63, 3.8) is 0 Å². The highest BCUT2D eigenvalue weighted by atomic mass is 19.1. The summed E-state index contributed by atoms with van der Waals surface area (Å²) in [5.41, 5.74) is 1.46. The number of nitriles is 1. The van der Waals surface area contributed by atoms with E-state index in [9.17, 15) is 4.39 Å². The molecule has 0 saturated heterocycles. The van der Waals surface area contributed by atoms with Gasteiger partial charge in [-0.2, -0.15) is 5.26 Å². The normalized spacial score (nSPS) is 10.9.